The van der Waals surface area contributed by atoms with Crippen molar-refractivity contribution in [2.24, 2.45) is 11.3 Å². The summed E-state index contributed by atoms with van der Waals surface area (Å²) >= 11 is 0. The first-order valence-electron chi connectivity index (χ1n) is 7.55. The Bertz CT molecular complexity index is 623. The van der Waals surface area contributed by atoms with Crippen LogP contribution in [0.4, 0.5) is 13.2 Å². The van der Waals surface area contributed by atoms with Crippen molar-refractivity contribution in [3.05, 3.63) is 29.3 Å². The molecule has 2 aliphatic rings. The fourth-order valence-electron chi connectivity index (χ4n) is 3.68. The van der Waals surface area contributed by atoms with Gasteiger partial charge >= 0.3 is 6.18 Å². The first-order chi connectivity index (χ1) is 10.1. The maximum atomic E-state index is 13.1. The molecule has 0 aromatic heterocycles. The van der Waals surface area contributed by atoms with Crippen LogP contribution in [0.2, 0.25) is 0 Å². The Kier molecular flexibility index (Phi) is 3.73. The van der Waals surface area contributed by atoms with Crippen LogP contribution >= 0.6 is 7.14 Å². The van der Waals surface area contributed by atoms with Gasteiger partial charge in [0.05, 0.1) is 5.56 Å². The van der Waals surface area contributed by atoms with Gasteiger partial charge in [-0.3, -0.25) is 0 Å². The molecular formula is C16H21F3NOP. The summed E-state index contributed by atoms with van der Waals surface area (Å²) in [5.41, 5.74) is 0.407. The van der Waals surface area contributed by atoms with Crippen molar-refractivity contribution in [2.75, 3.05) is 26.4 Å². The zero-order valence-electron chi connectivity index (χ0n) is 12.8. The summed E-state index contributed by atoms with van der Waals surface area (Å²) < 4.78 is 51.4. The van der Waals surface area contributed by atoms with Crippen molar-refractivity contribution < 1.29 is 17.7 Å². The van der Waals surface area contributed by atoms with Gasteiger partial charge in [-0.2, -0.15) is 13.2 Å². The van der Waals surface area contributed by atoms with Crippen molar-refractivity contribution >= 4 is 12.4 Å². The lowest BCUT2D eigenvalue weighted by Gasteiger charge is -2.54. The minimum absolute atomic E-state index is 0.330. The number of benzene rings is 1. The molecule has 3 rings (SSSR count). The lowest BCUT2D eigenvalue weighted by Crippen LogP contribution is -2.60. The highest BCUT2D eigenvalue weighted by atomic mass is 31.2. The topological polar surface area (TPSA) is 29.1 Å². The Labute approximate surface area is 128 Å². The number of halogens is 3. The predicted octanol–water partition coefficient (Wildman–Crippen LogP) is 3.50. The Morgan fingerprint density at radius 3 is 2.32 bits per heavy atom. The molecule has 1 aromatic rings. The average molecular weight is 331 g/mol. The molecule has 122 valence electrons. The highest BCUT2D eigenvalue weighted by Crippen LogP contribution is 2.49. The van der Waals surface area contributed by atoms with E-state index in [0.717, 1.165) is 32.0 Å². The lowest BCUT2D eigenvalue weighted by atomic mass is 9.57. The van der Waals surface area contributed by atoms with E-state index >= 15 is 0 Å². The van der Waals surface area contributed by atoms with Crippen LogP contribution in [-0.4, -0.2) is 26.4 Å². The fraction of sp³-hybridized carbons (Fsp3) is 0.625. The Balaban J connectivity index is 1.82. The standard InChI is InChI=1S/C16H21F3NOP/c1-22(2,21)14-5-11(4-13(6-14)16(17,18)19)3-12-7-15(8-12)9-20-10-15/h4-6,12,20H,3,7-10H2,1-2H3. The van der Waals surface area contributed by atoms with Gasteiger partial charge in [-0.15, -0.1) is 0 Å². The highest BCUT2D eigenvalue weighted by molar-refractivity contribution is 7.70. The van der Waals surface area contributed by atoms with Crippen LogP contribution in [0.25, 0.3) is 0 Å². The summed E-state index contributed by atoms with van der Waals surface area (Å²) in [7, 11) is -2.71. The first-order valence-corrected chi connectivity index (χ1v) is 10.2. The molecule has 0 radical (unpaired) electrons. The second kappa shape index (κ2) is 5.10. The maximum absolute atomic E-state index is 13.1. The summed E-state index contributed by atoms with van der Waals surface area (Å²) in [5, 5.41) is 3.59. The third-order valence-corrected chi connectivity index (χ3v) is 6.40. The van der Waals surface area contributed by atoms with Gasteiger partial charge in [-0.1, -0.05) is 0 Å². The Morgan fingerprint density at radius 1 is 1.23 bits per heavy atom. The minimum atomic E-state index is -4.39. The van der Waals surface area contributed by atoms with E-state index in [2.05, 4.69) is 5.32 Å². The smallest absolute Gasteiger partial charge is 0.319 e. The molecule has 22 heavy (non-hydrogen) atoms. The molecule has 0 amide bonds. The maximum Gasteiger partial charge on any atom is 0.416 e. The second-order valence-corrected chi connectivity index (χ2v) is 10.5. The van der Waals surface area contributed by atoms with Gasteiger partial charge in [-0.25, -0.2) is 0 Å². The summed E-state index contributed by atoms with van der Waals surface area (Å²) in [5.74, 6) is 0.450. The van der Waals surface area contributed by atoms with Gasteiger partial charge in [0.15, 0.2) is 0 Å². The van der Waals surface area contributed by atoms with E-state index in [1.165, 1.54) is 19.4 Å². The molecule has 6 heteroatoms. The zero-order chi connectivity index (χ0) is 16.2. The molecule has 0 atom stereocenters. The molecule has 0 bridgehead atoms. The van der Waals surface area contributed by atoms with Gasteiger partial charge < -0.3 is 9.88 Å². The van der Waals surface area contributed by atoms with Crippen molar-refractivity contribution in [2.45, 2.75) is 25.4 Å². The molecule has 1 aliphatic carbocycles. The van der Waals surface area contributed by atoms with Crippen molar-refractivity contribution in [3.63, 3.8) is 0 Å². The van der Waals surface area contributed by atoms with Crippen LogP contribution in [0.3, 0.4) is 0 Å². The van der Waals surface area contributed by atoms with Crippen molar-refractivity contribution in [1.29, 1.82) is 0 Å². The van der Waals surface area contributed by atoms with Gasteiger partial charge in [0.25, 0.3) is 0 Å². The van der Waals surface area contributed by atoms with E-state index in [9.17, 15) is 17.7 Å². The van der Waals surface area contributed by atoms with Gasteiger partial charge in [0, 0.05) is 18.4 Å². The van der Waals surface area contributed by atoms with Crippen molar-refractivity contribution in [1.82, 2.24) is 5.32 Å². The normalized spacial score (nSPS) is 21.5. The van der Waals surface area contributed by atoms with Crippen LogP contribution in [0.5, 0.6) is 0 Å². The number of rotatable bonds is 3. The van der Waals surface area contributed by atoms with Gasteiger partial charge in [0.2, 0.25) is 0 Å². The third-order valence-electron chi connectivity index (χ3n) is 4.89. The highest BCUT2D eigenvalue weighted by Gasteiger charge is 2.48. The minimum Gasteiger partial charge on any atom is -0.319 e. The van der Waals surface area contributed by atoms with Crippen LogP contribution < -0.4 is 10.6 Å². The molecule has 2 nitrogen and oxygen atoms in total. The Hall–Kier alpha value is -0.800. The molecule has 2 fully saturated rings. The van der Waals surface area contributed by atoms with Crippen molar-refractivity contribution in [3.8, 4) is 0 Å². The van der Waals surface area contributed by atoms with E-state index in [1.54, 1.807) is 6.07 Å². The number of alkyl halides is 3. The largest absolute Gasteiger partial charge is 0.416 e. The number of nitrogens with one attached hydrogen (secondary N) is 1. The molecule has 1 spiro atoms. The van der Waals surface area contributed by atoms with Crippen LogP contribution in [0, 0.1) is 11.3 Å². The molecule has 1 aliphatic heterocycles. The molecule has 0 unspecified atom stereocenters. The quantitative estimate of drug-likeness (QED) is 0.859. The van der Waals surface area contributed by atoms with Gasteiger partial charge in [0.1, 0.15) is 7.14 Å². The molecule has 1 N–H and O–H groups in total. The van der Waals surface area contributed by atoms with E-state index in [0.29, 0.717) is 28.6 Å². The number of hydrogen-bond acceptors (Lipinski definition) is 2. The lowest BCUT2D eigenvalue weighted by molar-refractivity contribution is -0.137. The molecule has 1 aromatic carbocycles. The summed E-state index contributed by atoms with van der Waals surface area (Å²) in [6, 6.07) is 3.98. The van der Waals surface area contributed by atoms with Gasteiger partial charge in [-0.05, 0) is 67.7 Å². The average Bonchev–Trinajstić information content (AvgIpc) is 2.28. The van der Waals surface area contributed by atoms with E-state index < -0.39 is 18.9 Å². The first kappa shape index (κ1) is 16.1. The zero-order valence-corrected chi connectivity index (χ0v) is 13.7. The fourth-order valence-corrected chi connectivity index (χ4v) is 4.60. The summed E-state index contributed by atoms with van der Waals surface area (Å²) in [4.78, 5) is 0. The van der Waals surface area contributed by atoms with E-state index in [4.69, 9.17) is 0 Å². The van der Waals surface area contributed by atoms with E-state index in [-0.39, 0.29) is 0 Å². The third kappa shape index (κ3) is 3.11. The van der Waals surface area contributed by atoms with Crippen LogP contribution in [0.1, 0.15) is 24.0 Å². The number of hydrogen-bond donors (Lipinski definition) is 1. The van der Waals surface area contributed by atoms with Crippen LogP contribution in [0.15, 0.2) is 18.2 Å². The summed E-state index contributed by atoms with van der Waals surface area (Å²) in [6.07, 6.45) is -1.57. The monoisotopic (exact) mass is 331 g/mol. The Morgan fingerprint density at radius 2 is 1.86 bits per heavy atom. The SMILES string of the molecule is CP(C)(=O)c1cc(CC2CC3(CNC3)C2)cc(C(F)(F)F)c1. The second-order valence-electron chi connectivity index (χ2n) is 7.32. The molecule has 1 saturated carbocycles. The van der Waals surface area contributed by atoms with Crippen LogP contribution in [-0.2, 0) is 17.2 Å². The predicted molar refractivity (Wildman–Crippen MR) is 82.3 cm³/mol. The molecule has 1 saturated heterocycles. The summed E-state index contributed by atoms with van der Waals surface area (Å²) in [6.45, 7) is 5.11. The molecule has 1 heterocycles. The van der Waals surface area contributed by atoms with E-state index in [1.807, 2.05) is 0 Å². The molecular weight excluding hydrogens is 310 g/mol.